The molecule has 0 amide bonds. The van der Waals surface area contributed by atoms with Crippen LogP contribution < -0.4 is 0 Å². The second-order valence-electron chi connectivity index (χ2n) is 5.39. The van der Waals surface area contributed by atoms with Crippen molar-refractivity contribution < 1.29 is 0 Å². The Labute approximate surface area is 131 Å². The number of thiazole rings is 1. The standard InChI is InChI=1S/C19H12N2S/c1-2-6-12(7-3-1)19-21-16-11-10-14-13-8-4-5-9-15(13)20-17(14)18(16)22-19/h1-11,20H. The highest BCUT2D eigenvalue weighted by Crippen LogP contribution is 2.37. The number of benzene rings is 3. The Balaban J connectivity index is 1.87. The molecule has 3 heteroatoms. The zero-order chi connectivity index (χ0) is 14.5. The summed E-state index contributed by atoms with van der Waals surface area (Å²) >= 11 is 1.75. The predicted molar refractivity (Wildman–Crippen MR) is 94.4 cm³/mol. The Hall–Kier alpha value is -2.65. The van der Waals surface area contributed by atoms with Crippen LogP contribution in [0.25, 0.3) is 42.6 Å². The number of fused-ring (bicyclic) bond motifs is 5. The van der Waals surface area contributed by atoms with Crippen molar-refractivity contribution in [2.24, 2.45) is 0 Å². The van der Waals surface area contributed by atoms with Crippen LogP contribution in [0.4, 0.5) is 0 Å². The maximum absolute atomic E-state index is 4.80. The van der Waals surface area contributed by atoms with Crippen molar-refractivity contribution in [2.45, 2.75) is 0 Å². The molecule has 2 aromatic heterocycles. The van der Waals surface area contributed by atoms with E-state index in [0.717, 1.165) is 10.5 Å². The van der Waals surface area contributed by atoms with Gasteiger partial charge in [0.15, 0.2) is 0 Å². The predicted octanol–water partition coefficient (Wildman–Crippen LogP) is 5.60. The smallest absolute Gasteiger partial charge is 0.124 e. The molecule has 0 radical (unpaired) electrons. The van der Waals surface area contributed by atoms with Gasteiger partial charge in [-0.1, -0.05) is 48.5 Å². The molecule has 5 aromatic rings. The number of hydrogen-bond donors (Lipinski definition) is 1. The summed E-state index contributed by atoms with van der Waals surface area (Å²) in [7, 11) is 0. The van der Waals surface area contributed by atoms with E-state index >= 15 is 0 Å². The Morgan fingerprint density at radius 1 is 0.773 bits per heavy atom. The lowest BCUT2D eigenvalue weighted by atomic mass is 10.1. The fourth-order valence-corrected chi connectivity index (χ4v) is 4.08. The van der Waals surface area contributed by atoms with Crippen molar-refractivity contribution >= 4 is 43.4 Å². The monoisotopic (exact) mass is 300 g/mol. The maximum Gasteiger partial charge on any atom is 0.124 e. The molecule has 0 saturated heterocycles. The summed E-state index contributed by atoms with van der Waals surface area (Å²) in [6, 6.07) is 23.1. The lowest BCUT2D eigenvalue weighted by Crippen LogP contribution is -1.73. The Morgan fingerprint density at radius 2 is 1.59 bits per heavy atom. The van der Waals surface area contributed by atoms with Gasteiger partial charge >= 0.3 is 0 Å². The third kappa shape index (κ3) is 1.63. The second-order valence-corrected chi connectivity index (χ2v) is 6.39. The summed E-state index contributed by atoms with van der Waals surface area (Å²) < 4.78 is 1.23. The molecule has 0 fully saturated rings. The molecule has 0 aliphatic carbocycles. The van der Waals surface area contributed by atoms with Gasteiger partial charge in [-0.2, -0.15) is 0 Å². The van der Waals surface area contributed by atoms with E-state index < -0.39 is 0 Å². The molecular formula is C19H12N2S. The highest BCUT2D eigenvalue weighted by molar-refractivity contribution is 7.22. The molecule has 22 heavy (non-hydrogen) atoms. The number of nitrogens with zero attached hydrogens (tertiary/aromatic N) is 1. The van der Waals surface area contributed by atoms with E-state index in [9.17, 15) is 0 Å². The Bertz CT molecular complexity index is 1120. The average Bonchev–Trinajstić information content (AvgIpc) is 3.16. The Kier molecular flexibility index (Phi) is 2.40. The number of aromatic nitrogens is 2. The topological polar surface area (TPSA) is 28.7 Å². The molecule has 0 aliphatic rings. The summed E-state index contributed by atoms with van der Waals surface area (Å²) in [4.78, 5) is 8.36. The van der Waals surface area contributed by atoms with Gasteiger partial charge in [-0.05, 0) is 18.2 Å². The van der Waals surface area contributed by atoms with Crippen LogP contribution in [0.5, 0.6) is 0 Å². The first-order chi connectivity index (χ1) is 10.9. The minimum Gasteiger partial charge on any atom is -0.353 e. The molecule has 5 rings (SSSR count). The van der Waals surface area contributed by atoms with Crippen LogP contribution in [-0.2, 0) is 0 Å². The first-order valence-electron chi connectivity index (χ1n) is 7.25. The van der Waals surface area contributed by atoms with Crippen molar-refractivity contribution in [3.8, 4) is 10.6 Å². The summed E-state index contributed by atoms with van der Waals surface area (Å²) in [6.07, 6.45) is 0. The first kappa shape index (κ1) is 12.0. The molecule has 0 spiro atoms. The maximum atomic E-state index is 4.80. The second kappa shape index (κ2) is 4.42. The van der Waals surface area contributed by atoms with Crippen LogP contribution in [0.3, 0.4) is 0 Å². The van der Waals surface area contributed by atoms with Gasteiger partial charge in [0.2, 0.25) is 0 Å². The van der Waals surface area contributed by atoms with Crippen molar-refractivity contribution in [3.05, 3.63) is 66.7 Å². The van der Waals surface area contributed by atoms with E-state index in [-0.39, 0.29) is 0 Å². The van der Waals surface area contributed by atoms with Crippen molar-refractivity contribution in [1.82, 2.24) is 9.97 Å². The SMILES string of the molecule is c1ccc(-c2nc3ccc4c5ccccc5[nH]c4c3s2)cc1. The Morgan fingerprint density at radius 3 is 2.50 bits per heavy atom. The number of para-hydroxylation sites is 1. The third-order valence-electron chi connectivity index (χ3n) is 4.06. The largest absolute Gasteiger partial charge is 0.353 e. The van der Waals surface area contributed by atoms with E-state index in [1.807, 2.05) is 6.07 Å². The van der Waals surface area contributed by atoms with E-state index in [4.69, 9.17) is 4.98 Å². The normalized spacial score (nSPS) is 11.6. The molecular weight excluding hydrogens is 288 g/mol. The van der Waals surface area contributed by atoms with Crippen molar-refractivity contribution in [3.63, 3.8) is 0 Å². The number of H-pyrrole nitrogens is 1. The van der Waals surface area contributed by atoms with Gasteiger partial charge in [-0.25, -0.2) is 4.98 Å². The molecule has 0 saturated carbocycles. The van der Waals surface area contributed by atoms with Gasteiger partial charge in [0.05, 0.1) is 15.7 Å². The minimum atomic E-state index is 1.06. The minimum absolute atomic E-state index is 1.06. The molecule has 1 N–H and O–H groups in total. The number of hydrogen-bond acceptors (Lipinski definition) is 2. The highest BCUT2D eigenvalue weighted by atomic mass is 32.1. The lowest BCUT2D eigenvalue weighted by Gasteiger charge is -1.92. The van der Waals surface area contributed by atoms with Crippen LogP contribution >= 0.6 is 11.3 Å². The quantitative estimate of drug-likeness (QED) is 0.429. The number of aromatic amines is 1. The van der Waals surface area contributed by atoms with Gasteiger partial charge in [0, 0.05) is 21.9 Å². The van der Waals surface area contributed by atoms with Crippen LogP contribution in [0.2, 0.25) is 0 Å². The van der Waals surface area contributed by atoms with Crippen LogP contribution in [-0.4, -0.2) is 9.97 Å². The summed E-state index contributed by atoms with van der Waals surface area (Å²) in [5.41, 5.74) is 4.61. The van der Waals surface area contributed by atoms with Crippen LogP contribution in [0.15, 0.2) is 66.7 Å². The molecule has 0 atom stereocenters. The molecule has 2 nitrogen and oxygen atoms in total. The molecule has 2 heterocycles. The van der Waals surface area contributed by atoms with Gasteiger partial charge in [0.1, 0.15) is 5.01 Å². The zero-order valence-electron chi connectivity index (χ0n) is 11.7. The lowest BCUT2D eigenvalue weighted by molar-refractivity contribution is 1.48. The van der Waals surface area contributed by atoms with E-state index in [1.54, 1.807) is 11.3 Å². The number of rotatable bonds is 1. The van der Waals surface area contributed by atoms with Gasteiger partial charge in [0.25, 0.3) is 0 Å². The van der Waals surface area contributed by atoms with Gasteiger partial charge < -0.3 is 4.98 Å². The van der Waals surface area contributed by atoms with Crippen molar-refractivity contribution in [2.75, 3.05) is 0 Å². The summed E-state index contributed by atoms with van der Waals surface area (Å²) in [5, 5.41) is 3.61. The van der Waals surface area contributed by atoms with E-state index in [0.29, 0.717) is 0 Å². The zero-order valence-corrected chi connectivity index (χ0v) is 12.5. The summed E-state index contributed by atoms with van der Waals surface area (Å²) in [6.45, 7) is 0. The van der Waals surface area contributed by atoms with Gasteiger partial charge in [-0.3, -0.25) is 0 Å². The first-order valence-corrected chi connectivity index (χ1v) is 8.07. The fourth-order valence-electron chi connectivity index (χ4n) is 3.01. The fraction of sp³-hybridized carbons (Fsp3) is 0. The molecule has 0 unspecified atom stereocenters. The van der Waals surface area contributed by atoms with E-state index in [2.05, 4.69) is 65.6 Å². The van der Waals surface area contributed by atoms with Crippen molar-refractivity contribution in [1.29, 1.82) is 0 Å². The highest BCUT2D eigenvalue weighted by Gasteiger charge is 2.12. The van der Waals surface area contributed by atoms with Gasteiger partial charge in [-0.15, -0.1) is 11.3 Å². The molecule has 0 aliphatic heterocycles. The third-order valence-corrected chi connectivity index (χ3v) is 5.19. The molecule has 3 aromatic carbocycles. The number of nitrogens with one attached hydrogen (secondary N) is 1. The molecule has 0 bridgehead atoms. The average molecular weight is 300 g/mol. The molecule has 104 valence electrons. The van der Waals surface area contributed by atoms with E-state index in [1.165, 1.54) is 32.1 Å². The van der Waals surface area contributed by atoms with Crippen LogP contribution in [0.1, 0.15) is 0 Å². The summed E-state index contributed by atoms with van der Waals surface area (Å²) in [5.74, 6) is 0. The van der Waals surface area contributed by atoms with Crippen LogP contribution in [0, 0.1) is 0 Å².